The third kappa shape index (κ3) is 3.90. The zero-order chi connectivity index (χ0) is 11.1. The van der Waals surface area contributed by atoms with E-state index in [-0.39, 0.29) is 12.0 Å². The minimum atomic E-state index is -0.304. The number of carbonyl (C=O) groups is 1. The van der Waals surface area contributed by atoms with E-state index in [0.29, 0.717) is 6.54 Å². The van der Waals surface area contributed by atoms with Crippen molar-refractivity contribution in [2.45, 2.75) is 38.6 Å². The van der Waals surface area contributed by atoms with Gasteiger partial charge >= 0.3 is 5.97 Å². The number of rotatable bonds is 6. The van der Waals surface area contributed by atoms with Gasteiger partial charge in [0.1, 0.15) is 0 Å². The van der Waals surface area contributed by atoms with E-state index in [2.05, 4.69) is 21.6 Å². The van der Waals surface area contributed by atoms with Crippen LogP contribution in [0.2, 0.25) is 0 Å². The molecule has 0 N–H and O–H groups in total. The third-order valence-electron chi connectivity index (χ3n) is 2.59. The number of unbranched alkanes of at least 4 members (excludes halogenated alkanes) is 3. The molecule has 0 fully saturated rings. The largest absolute Gasteiger partial charge is 0.467 e. The molecule has 4 heteroatoms. The molecule has 15 heavy (non-hydrogen) atoms. The van der Waals surface area contributed by atoms with Crippen LogP contribution >= 0.6 is 0 Å². The van der Waals surface area contributed by atoms with E-state index in [9.17, 15) is 4.79 Å². The molecule has 0 spiro atoms. The summed E-state index contributed by atoms with van der Waals surface area (Å²) in [6, 6.07) is -0.304. The van der Waals surface area contributed by atoms with Gasteiger partial charge in [0.25, 0.3) is 0 Å². The van der Waals surface area contributed by atoms with Crippen LogP contribution < -0.4 is 0 Å². The summed E-state index contributed by atoms with van der Waals surface area (Å²) in [6.07, 6.45) is 6.73. The molecule has 1 atom stereocenters. The van der Waals surface area contributed by atoms with Crippen molar-refractivity contribution in [3.05, 3.63) is 0 Å². The van der Waals surface area contributed by atoms with E-state index < -0.39 is 0 Å². The van der Waals surface area contributed by atoms with Crippen molar-refractivity contribution >= 4 is 12.3 Å². The fourth-order valence-corrected chi connectivity index (χ4v) is 1.65. The molecule has 1 aliphatic rings. The SMILES string of the molecule is CCCCCCN1C=NC(C(=O)OC)C1. The van der Waals surface area contributed by atoms with Gasteiger partial charge in [-0.2, -0.15) is 0 Å². The van der Waals surface area contributed by atoms with E-state index in [0.717, 1.165) is 6.54 Å². The fraction of sp³-hybridized carbons (Fsp3) is 0.818. The quantitative estimate of drug-likeness (QED) is 0.494. The lowest BCUT2D eigenvalue weighted by atomic mass is 10.2. The van der Waals surface area contributed by atoms with Crippen molar-refractivity contribution in [3.63, 3.8) is 0 Å². The van der Waals surface area contributed by atoms with E-state index in [1.165, 1.54) is 32.8 Å². The minimum Gasteiger partial charge on any atom is -0.467 e. The molecule has 0 aromatic rings. The highest BCUT2D eigenvalue weighted by Gasteiger charge is 2.24. The average Bonchev–Trinajstić information content (AvgIpc) is 2.72. The third-order valence-corrected chi connectivity index (χ3v) is 2.59. The summed E-state index contributed by atoms with van der Waals surface area (Å²) < 4.78 is 4.65. The average molecular weight is 212 g/mol. The second-order valence-electron chi connectivity index (χ2n) is 3.86. The van der Waals surface area contributed by atoms with Gasteiger partial charge in [-0.05, 0) is 6.42 Å². The summed E-state index contributed by atoms with van der Waals surface area (Å²) in [7, 11) is 1.40. The Morgan fingerprint density at radius 2 is 2.33 bits per heavy atom. The van der Waals surface area contributed by atoms with Crippen LogP contribution in [0.5, 0.6) is 0 Å². The number of carbonyl (C=O) groups excluding carboxylic acids is 1. The van der Waals surface area contributed by atoms with Gasteiger partial charge in [-0.3, -0.25) is 4.99 Å². The molecule has 0 saturated carbocycles. The van der Waals surface area contributed by atoms with Crippen molar-refractivity contribution in [2.24, 2.45) is 4.99 Å². The second kappa shape index (κ2) is 6.43. The molecule has 0 radical (unpaired) electrons. The molecule has 0 aromatic heterocycles. The van der Waals surface area contributed by atoms with E-state index in [1.54, 1.807) is 6.34 Å². The summed E-state index contributed by atoms with van der Waals surface area (Å²) in [5.74, 6) is -0.234. The van der Waals surface area contributed by atoms with Gasteiger partial charge < -0.3 is 9.64 Å². The lowest BCUT2D eigenvalue weighted by Crippen LogP contribution is -2.29. The molecule has 1 aliphatic heterocycles. The zero-order valence-electron chi connectivity index (χ0n) is 9.61. The van der Waals surface area contributed by atoms with Gasteiger partial charge in [-0.25, -0.2) is 4.79 Å². The van der Waals surface area contributed by atoms with Crippen molar-refractivity contribution < 1.29 is 9.53 Å². The number of hydrogen-bond donors (Lipinski definition) is 0. The first-order valence-corrected chi connectivity index (χ1v) is 5.63. The van der Waals surface area contributed by atoms with Crippen LogP contribution in [-0.2, 0) is 9.53 Å². The summed E-state index contributed by atoms with van der Waals surface area (Å²) >= 11 is 0. The van der Waals surface area contributed by atoms with Crippen LogP contribution in [0.1, 0.15) is 32.6 Å². The second-order valence-corrected chi connectivity index (χ2v) is 3.86. The van der Waals surface area contributed by atoms with Crippen LogP contribution in [0, 0.1) is 0 Å². The summed E-state index contributed by atoms with van der Waals surface area (Å²) in [5.41, 5.74) is 0. The molecule has 0 aliphatic carbocycles. The first-order chi connectivity index (χ1) is 7.27. The molecule has 1 heterocycles. The summed E-state index contributed by atoms with van der Waals surface area (Å²) in [6.45, 7) is 3.88. The topological polar surface area (TPSA) is 41.9 Å². The first-order valence-electron chi connectivity index (χ1n) is 5.63. The van der Waals surface area contributed by atoms with Crippen molar-refractivity contribution in [1.82, 2.24) is 4.90 Å². The molecule has 0 bridgehead atoms. The number of methoxy groups -OCH3 is 1. The zero-order valence-corrected chi connectivity index (χ0v) is 9.61. The molecule has 1 rings (SSSR count). The number of ether oxygens (including phenoxy) is 1. The Balaban J connectivity index is 2.15. The number of nitrogens with zero attached hydrogens (tertiary/aromatic N) is 2. The van der Waals surface area contributed by atoms with Gasteiger partial charge in [0, 0.05) is 6.54 Å². The number of aliphatic imine (C=N–C) groups is 1. The van der Waals surface area contributed by atoms with Crippen LogP contribution in [-0.4, -0.2) is 43.4 Å². The molecule has 4 nitrogen and oxygen atoms in total. The molecule has 86 valence electrons. The molecular weight excluding hydrogens is 192 g/mol. The van der Waals surface area contributed by atoms with Crippen molar-refractivity contribution in [3.8, 4) is 0 Å². The Kier molecular flexibility index (Phi) is 5.15. The van der Waals surface area contributed by atoms with Gasteiger partial charge in [-0.15, -0.1) is 0 Å². The lowest BCUT2D eigenvalue weighted by Gasteiger charge is -2.14. The lowest BCUT2D eigenvalue weighted by molar-refractivity contribution is -0.141. The Morgan fingerprint density at radius 1 is 1.53 bits per heavy atom. The maximum atomic E-state index is 11.2. The van der Waals surface area contributed by atoms with E-state index >= 15 is 0 Å². The van der Waals surface area contributed by atoms with Gasteiger partial charge in [-0.1, -0.05) is 26.2 Å². The number of esters is 1. The van der Waals surface area contributed by atoms with Crippen LogP contribution in [0.3, 0.4) is 0 Å². The van der Waals surface area contributed by atoms with Crippen LogP contribution in [0.15, 0.2) is 4.99 Å². The Bertz CT molecular complexity index is 229. The van der Waals surface area contributed by atoms with Gasteiger partial charge in [0.2, 0.25) is 0 Å². The van der Waals surface area contributed by atoms with E-state index in [4.69, 9.17) is 0 Å². The van der Waals surface area contributed by atoms with Gasteiger partial charge in [0.05, 0.1) is 20.0 Å². The van der Waals surface area contributed by atoms with Crippen LogP contribution in [0.25, 0.3) is 0 Å². The standard InChI is InChI=1S/C11H20N2O2/c1-3-4-5-6-7-13-8-10(12-9-13)11(14)15-2/h9-10H,3-8H2,1-2H3. The smallest absolute Gasteiger partial charge is 0.332 e. The Hall–Kier alpha value is -1.06. The highest BCUT2D eigenvalue weighted by molar-refractivity contribution is 5.80. The summed E-state index contributed by atoms with van der Waals surface area (Å²) in [5, 5.41) is 0. The summed E-state index contributed by atoms with van der Waals surface area (Å²) in [4.78, 5) is 17.4. The maximum absolute atomic E-state index is 11.2. The Morgan fingerprint density at radius 3 is 3.00 bits per heavy atom. The van der Waals surface area contributed by atoms with Crippen molar-refractivity contribution in [2.75, 3.05) is 20.2 Å². The molecule has 0 saturated heterocycles. The normalized spacial score (nSPS) is 19.6. The molecule has 0 aromatic carbocycles. The van der Waals surface area contributed by atoms with Crippen LogP contribution in [0.4, 0.5) is 0 Å². The predicted octanol–water partition coefficient (Wildman–Crippen LogP) is 1.45. The van der Waals surface area contributed by atoms with Crippen molar-refractivity contribution in [1.29, 1.82) is 0 Å². The maximum Gasteiger partial charge on any atom is 0.332 e. The monoisotopic (exact) mass is 212 g/mol. The fourth-order valence-electron chi connectivity index (χ4n) is 1.65. The minimum absolute atomic E-state index is 0.234. The number of hydrogen-bond acceptors (Lipinski definition) is 4. The Labute approximate surface area is 91.3 Å². The highest BCUT2D eigenvalue weighted by atomic mass is 16.5. The molecule has 1 unspecified atom stereocenters. The molecular formula is C11H20N2O2. The highest BCUT2D eigenvalue weighted by Crippen LogP contribution is 2.07. The first kappa shape index (κ1) is 12.0. The van der Waals surface area contributed by atoms with Gasteiger partial charge in [0.15, 0.2) is 6.04 Å². The molecule has 0 amide bonds. The predicted molar refractivity (Wildman–Crippen MR) is 60.0 cm³/mol. The van der Waals surface area contributed by atoms with E-state index in [1.807, 2.05) is 0 Å².